The van der Waals surface area contributed by atoms with Crippen LogP contribution in [-0.4, -0.2) is 10.3 Å². The van der Waals surface area contributed by atoms with E-state index in [1.54, 1.807) is 6.20 Å². The number of aromatic hydroxyl groups is 1. The van der Waals surface area contributed by atoms with Gasteiger partial charge >= 0.3 is 5.95 Å². The predicted molar refractivity (Wildman–Crippen MR) is 69.2 cm³/mol. The first kappa shape index (κ1) is 13.3. The highest BCUT2D eigenvalue weighted by molar-refractivity contribution is 5.73. The fourth-order valence-corrected chi connectivity index (χ4v) is 2.01. The van der Waals surface area contributed by atoms with E-state index in [4.69, 9.17) is 0 Å². The van der Waals surface area contributed by atoms with E-state index >= 15 is 0 Å². The summed E-state index contributed by atoms with van der Waals surface area (Å²) in [6.45, 7) is 10.1. The van der Waals surface area contributed by atoms with Crippen molar-refractivity contribution in [2.75, 3.05) is 0 Å². The minimum Gasteiger partial charge on any atom is -0.479 e. The third-order valence-corrected chi connectivity index (χ3v) is 2.50. The Hall–Kier alpha value is -1.77. The molecule has 0 atom stereocenters. The fourth-order valence-electron chi connectivity index (χ4n) is 2.01. The summed E-state index contributed by atoms with van der Waals surface area (Å²) >= 11 is 0. The van der Waals surface area contributed by atoms with E-state index in [1.165, 1.54) is 5.56 Å². The van der Waals surface area contributed by atoms with E-state index in [0.717, 1.165) is 16.7 Å². The third-order valence-electron chi connectivity index (χ3n) is 2.50. The van der Waals surface area contributed by atoms with Gasteiger partial charge in [-0.2, -0.15) is 0 Å². The van der Waals surface area contributed by atoms with Crippen LogP contribution in [-0.2, 0) is 0 Å². The maximum atomic E-state index is 9.49. The molecule has 0 spiro atoms. The van der Waals surface area contributed by atoms with E-state index in [1.807, 2.05) is 27.7 Å². The number of hydrogen-bond donors (Lipinski definition) is 1. The first-order chi connectivity index (χ1) is 8.09. The fraction of sp³-hybridized carbons (Fsp3) is 0.357. The molecule has 3 heteroatoms. The average molecular weight is 233 g/mol. The van der Waals surface area contributed by atoms with Crippen LogP contribution in [0.1, 0.15) is 30.5 Å². The lowest BCUT2D eigenvalue weighted by Gasteiger charge is -2.08. The molecular weight excluding hydrogens is 214 g/mol. The Balaban J connectivity index is 0.000000686. The molecule has 0 fully saturated rings. The van der Waals surface area contributed by atoms with Gasteiger partial charge in [-0.1, -0.05) is 36.7 Å². The van der Waals surface area contributed by atoms with Crippen molar-refractivity contribution in [1.29, 1.82) is 0 Å². The van der Waals surface area contributed by atoms with Crippen LogP contribution < -0.4 is 0 Å². The number of benzene rings is 1. The molecule has 1 N–H and O–H groups in total. The van der Waals surface area contributed by atoms with Gasteiger partial charge in [0.15, 0.2) is 0 Å². The normalized spacial score (nSPS) is 9.71. The quantitative estimate of drug-likeness (QED) is 0.809. The zero-order valence-corrected chi connectivity index (χ0v) is 11.0. The topological polar surface area (TPSA) is 46.3 Å². The summed E-state index contributed by atoms with van der Waals surface area (Å²) in [4.78, 5) is 0. The summed E-state index contributed by atoms with van der Waals surface area (Å²) in [5, 5.41) is 13.1. The second kappa shape index (κ2) is 5.53. The lowest BCUT2D eigenvalue weighted by atomic mass is 9.96. The SMILES string of the molecule is CC.Cc1cc(C)c(-c2cnoc2O)c(C)c1. The first-order valence-corrected chi connectivity index (χ1v) is 5.81. The van der Waals surface area contributed by atoms with Gasteiger partial charge in [0.05, 0.1) is 11.8 Å². The molecule has 92 valence electrons. The maximum absolute atomic E-state index is 9.49. The van der Waals surface area contributed by atoms with Gasteiger partial charge in [-0.25, -0.2) is 0 Å². The van der Waals surface area contributed by atoms with Gasteiger partial charge in [0, 0.05) is 0 Å². The van der Waals surface area contributed by atoms with Gasteiger partial charge in [0.25, 0.3) is 0 Å². The monoisotopic (exact) mass is 233 g/mol. The molecule has 3 nitrogen and oxygen atoms in total. The molecule has 1 aromatic carbocycles. The Morgan fingerprint density at radius 2 is 1.59 bits per heavy atom. The molecule has 2 aromatic rings. The molecule has 0 amide bonds. The summed E-state index contributed by atoms with van der Waals surface area (Å²) in [5.74, 6) is -0.120. The summed E-state index contributed by atoms with van der Waals surface area (Å²) < 4.78 is 4.66. The van der Waals surface area contributed by atoms with Gasteiger partial charge in [-0.3, -0.25) is 0 Å². The summed E-state index contributed by atoms with van der Waals surface area (Å²) in [5.41, 5.74) is 5.10. The van der Waals surface area contributed by atoms with Crippen molar-refractivity contribution >= 4 is 0 Å². The van der Waals surface area contributed by atoms with E-state index in [2.05, 4.69) is 28.7 Å². The summed E-state index contributed by atoms with van der Waals surface area (Å²) in [6.07, 6.45) is 1.54. The molecule has 0 aliphatic rings. The predicted octanol–water partition coefficient (Wildman–Crippen LogP) is 4.00. The van der Waals surface area contributed by atoms with Crippen LogP contribution in [0, 0.1) is 20.8 Å². The molecule has 1 aromatic heterocycles. The molecule has 1 heterocycles. The van der Waals surface area contributed by atoms with Crippen LogP contribution in [0.5, 0.6) is 5.95 Å². The number of rotatable bonds is 1. The number of aryl methyl sites for hydroxylation is 3. The minimum atomic E-state index is -0.120. The molecule has 0 radical (unpaired) electrons. The van der Waals surface area contributed by atoms with Crippen LogP contribution in [0.25, 0.3) is 11.1 Å². The molecule has 0 saturated heterocycles. The van der Waals surface area contributed by atoms with Crippen molar-refractivity contribution in [3.63, 3.8) is 0 Å². The Kier molecular flexibility index (Phi) is 4.32. The largest absolute Gasteiger partial charge is 0.479 e. The zero-order valence-electron chi connectivity index (χ0n) is 11.0. The Bertz CT molecular complexity index is 478. The van der Waals surface area contributed by atoms with Crippen LogP contribution in [0.15, 0.2) is 22.9 Å². The average Bonchev–Trinajstić information content (AvgIpc) is 2.66. The van der Waals surface area contributed by atoms with E-state index in [9.17, 15) is 5.11 Å². The second-order valence-electron chi connectivity index (χ2n) is 3.82. The Labute approximate surface area is 102 Å². The summed E-state index contributed by atoms with van der Waals surface area (Å²) in [6, 6.07) is 4.16. The zero-order chi connectivity index (χ0) is 13.0. The molecule has 0 aliphatic heterocycles. The van der Waals surface area contributed by atoms with Crippen LogP contribution in [0.4, 0.5) is 0 Å². The lowest BCUT2D eigenvalue weighted by Crippen LogP contribution is -1.88. The van der Waals surface area contributed by atoms with Gasteiger partial charge in [-0.05, 0) is 37.5 Å². The molecule has 2 rings (SSSR count). The van der Waals surface area contributed by atoms with E-state index in [0.29, 0.717) is 5.56 Å². The smallest absolute Gasteiger partial charge is 0.316 e. The highest BCUT2D eigenvalue weighted by Crippen LogP contribution is 2.34. The molecule has 0 bridgehead atoms. The van der Waals surface area contributed by atoms with Crippen molar-refractivity contribution in [3.8, 4) is 17.1 Å². The first-order valence-electron chi connectivity index (χ1n) is 5.81. The molecule has 0 unspecified atom stereocenters. The number of hydrogen-bond acceptors (Lipinski definition) is 3. The van der Waals surface area contributed by atoms with Gasteiger partial charge < -0.3 is 9.63 Å². The highest BCUT2D eigenvalue weighted by atomic mass is 16.5. The third kappa shape index (κ3) is 2.67. The van der Waals surface area contributed by atoms with Gasteiger partial charge in [0.2, 0.25) is 0 Å². The van der Waals surface area contributed by atoms with E-state index in [-0.39, 0.29) is 5.95 Å². The second-order valence-corrected chi connectivity index (χ2v) is 3.82. The van der Waals surface area contributed by atoms with Gasteiger partial charge in [-0.15, -0.1) is 0 Å². The Morgan fingerprint density at radius 3 is 2.00 bits per heavy atom. The lowest BCUT2D eigenvalue weighted by molar-refractivity contribution is 0.279. The van der Waals surface area contributed by atoms with Crippen molar-refractivity contribution in [2.45, 2.75) is 34.6 Å². The number of aromatic nitrogens is 1. The molecule has 17 heavy (non-hydrogen) atoms. The standard InChI is InChI=1S/C12H13NO2.C2H6/c1-7-4-8(2)11(9(3)5-7)10-6-13-15-12(10)14;1-2/h4-6,14H,1-3H3;1-2H3. The summed E-state index contributed by atoms with van der Waals surface area (Å²) in [7, 11) is 0. The van der Waals surface area contributed by atoms with Crippen molar-refractivity contribution in [2.24, 2.45) is 0 Å². The molecular formula is C14H19NO2. The minimum absolute atomic E-state index is 0.120. The van der Waals surface area contributed by atoms with Crippen LogP contribution in [0.3, 0.4) is 0 Å². The van der Waals surface area contributed by atoms with Crippen molar-refractivity contribution < 1.29 is 9.63 Å². The highest BCUT2D eigenvalue weighted by Gasteiger charge is 2.13. The Morgan fingerprint density at radius 1 is 1.06 bits per heavy atom. The van der Waals surface area contributed by atoms with Gasteiger partial charge in [0.1, 0.15) is 0 Å². The van der Waals surface area contributed by atoms with E-state index < -0.39 is 0 Å². The maximum Gasteiger partial charge on any atom is 0.316 e. The van der Waals surface area contributed by atoms with Crippen LogP contribution >= 0.6 is 0 Å². The van der Waals surface area contributed by atoms with Crippen molar-refractivity contribution in [1.82, 2.24) is 5.16 Å². The molecule has 0 saturated carbocycles. The van der Waals surface area contributed by atoms with Crippen molar-refractivity contribution in [3.05, 3.63) is 35.0 Å². The number of nitrogens with zero attached hydrogens (tertiary/aromatic N) is 1. The molecule has 0 aliphatic carbocycles. The van der Waals surface area contributed by atoms with Crippen LogP contribution in [0.2, 0.25) is 0 Å².